The van der Waals surface area contributed by atoms with Gasteiger partial charge in [0.2, 0.25) is 0 Å². The number of hydrogen-bond acceptors (Lipinski definition) is 3. The molecule has 0 unspecified atom stereocenters. The molecule has 2 aromatic heterocycles. The van der Waals surface area contributed by atoms with Crippen LogP contribution in [0.4, 0.5) is 0 Å². The predicted molar refractivity (Wildman–Crippen MR) is 308 cm³/mol. The molecule has 2 aliphatic heterocycles. The van der Waals surface area contributed by atoms with Gasteiger partial charge in [0.05, 0.1) is 30.4 Å². The molecule has 8 aromatic rings. The Morgan fingerprint density at radius 3 is 1.82 bits per heavy atom. The zero-order valence-corrected chi connectivity index (χ0v) is 49.4. The summed E-state index contributed by atoms with van der Waals surface area (Å²) in [6.45, 7) is 35.3. The molecule has 0 atom stereocenters. The first-order valence-corrected chi connectivity index (χ1v) is 29.0. The minimum atomic E-state index is -2.16. The summed E-state index contributed by atoms with van der Waals surface area (Å²) in [6.07, 6.45) is 3.20. The monoisotopic (exact) mass is 1160 g/mol. The van der Waals surface area contributed by atoms with Gasteiger partial charge in [0.15, 0.2) is 0 Å². The van der Waals surface area contributed by atoms with Crippen molar-refractivity contribution in [1.29, 1.82) is 0 Å². The standard InChI is InChI=1S/C67H76N3OSi.Pt/c1-62(2,3)47-29-30-55(50(36-47)44-25-20-17-21-26-44)70-56-28-22-27-49(59(56)69-61(70)52-37-48(63(4,5)6)38-53(60(52)71)64(7,8)9)51-33-46(54-34-45(31-32-68-54)43-23-18-16-19-24-43)35-57-58(51)67(14,15)42-72(57)40-65(10,11)39-66(12,13)41-72;/h16-32,34-38,71H,39-42H2,1-15H3;/q-1;. The molecule has 0 amide bonds. The minimum absolute atomic E-state index is 0. The molecule has 6 aromatic carbocycles. The largest absolute Gasteiger partial charge is 0.507 e. The van der Waals surface area contributed by atoms with Crippen LogP contribution >= 0.6 is 0 Å². The van der Waals surface area contributed by atoms with E-state index in [1.165, 1.54) is 41.2 Å². The van der Waals surface area contributed by atoms with Gasteiger partial charge in [0.25, 0.3) is 0 Å². The molecule has 1 spiro atoms. The molecule has 0 aliphatic carbocycles. The zero-order valence-electron chi connectivity index (χ0n) is 46.1. The Labute approximate surface area is 452 Å². The average Bonchev–Trinajstić information content (AvgIpc) is 3.78. The van der Waals surface area contributed by atoms with E-state index in [0.29, 0.717) is 0 Å². The fraction of sp³-hybridized carbons (Fsp3) is 0.373. The van der Waals surface area contributed by atoms with Gasteiger partial charge < -0.3 is 5.11 Å². The molecule has 73 heavy (non-hydrogen) atoms. The molecule has 2 aliphatic rings. The maximum atomic E-state index is 12.8. The number of benzene rings is 6. The van der Waals surface area contributed by atoms with Crippen molar-refractivity contribution in [3.8, 4) is 67.5 Å². The van der Waals surface area contributed by atoms with Crippen LogP contribution in [-0.4, -0.2) is 27.7 Å². The summed E-state index contributed by atoms with van der Waals surface area (Å²) in [5, 5.41) is 14.4. The molecule has 6 heteroatoms. The van der Waals surface area contributed by atoms with Crippen LogP contribution in [0.5, 0.6) is 5.75 Å². The first-order valence-electron chi connectivity index (χ1n) is 26.4. The molecule has 1 fully saturated rings. The normalized spacial score (nSPS) is 16.9. The smallest absolute Gasteiger partial charge is 0.148 e. The first kappa shape index (κ1) is 52.5. The quantitative estimate of drug-likeness (QED) is 0.133. The minimum Gasteiger partial charge on any atom is -0.507 e. The van der Waals surface area contributed by atoms with Crippen LogP contribution in [-0.2, 0) is 42.7 Å². The van der Waals surface area contributed by atoms with Crippen molar-refractivity contribution in [3.05, 3.63) is 162 Å². The number of para-hydroxylation sites is 1. The van der Waals surface area contributed by atoms with Crippen LogP contribution in [0.1, 0.15) is 133 Å². The predicted octanol–water partition coefficient (Wildman–Crippen LogP) is 17.6. The Morgan fingerprint density at radius 1 is 0.589 bits per heavy atom. The van der Waals surface area contributed by atoms with Crippen LogP contribution in [0.15, 0.2) is 134 Å². The van der Waals surface area contributed by atoms with Crippen molar-refractivity contribution in [2.75, 3.05) is 0 Å². The van der Waals surface area contributed by atoms with E-state index in [9.17, 15) is 5.11 Å². The number of aromatic nitrogens is 3. The first-order chi connectivity index (χ1) is 33.6. The molecule has 4 nitrogen and oxygen atoms in total. The fourth-order valence-corrected chi connectivity index (χ4v) is 21.8. The second-order valence-corrected chi connectivity index (χ2v) is 31.2. The molecule has 10 rings (SSSR count). The Bertz CT molecular complexity index is 3380. The second-order valence-electron chi connectivity index (χ2n) is 27.1. The van der Waals surface area contributed by atoms with Crippen molar-refractivity contribution in [1.82, 2.24) is 14.5 Å². The molecule has 0 bridgehead atoms. The molecule has 0 radical (unpaired) electrons. The van der Waals surface area contributed by atoms with Crippen LogP contribution in [0.3, 0.4) is 0 Å². The van der Waals surface area contributed by atoms with Crippen molar-refractivity contribution >= 4 is 24.3 Å². The molecule has 1 saturated heterocycles. The van der Waals surface area contributed by atoms with E-state index in [0.717, 1.165) is 78.3 Å². The molecular weight excluding hydrogens is 1090 g/mol. The van der Waals surface area contributed by atoms with Gasteiger partial charge in [-0.25, -0.2) is 4.98 Å². The van der Waals surface area contributed by atoms with E-state index < -0.39 is 8.07 Å². The van der Waals surface area contributed by atoms with Crippen molar-refractivity contribution in [3.63, 3.8) is 0 Å². The summed E-state index contributed by atoms with van der Waals surface area (Å²) in [4.78, 5) is 11.1. The van der Waals surface area contributed by atoms with Crippen molar-refractivity contribution < 1.29 is 26.2 Å². The van der Waals surface area contributed by atoms with Crippen molar-refractivity contribution in [2.24, 2.45) is 10.8 Å². The summed E-state index contributed by atoms with van der Waals surface area (Å²) in [7, 11) is -2.16. The molecule has 0 saturated carbocycles. The summed E-state index contributed by atoms with van der Waals surface area (Å²) in [5.41, 5.74) is 16.9. The average molecular weight is 1160 g/mol. The summed E-state index contributed by atoms with van der Waals surface area (Å²) >= 11 is 0. The van der Waals surface area contributed by atoms with E-state index in [-0.39, 0.29) is 59.3 Å². The molecule has 1 N–H and O–H groups in total. The number of pyridine rings is 1. The Kier molecular flexibility index (Phi) is 13.1. The number of rotatable bonds is 6. The van der Waals surface area contributed by atoms with Gasteiger partial charge in [0, 0.05) is 44.1 Å². The van der Waals surface area contributed by atoms with Crippen LogP contribution in [0.2, 0.25) is 18.1 Å². The van der Waals surface area contributed by atoms with Crippen LogP contribution in [0.25, 0.3) is 72.7 Å². The van der Waals surface area contributed by atoms with E-state index in [1.807, 2.05) is 6.20 Å². The van der Waals surface area contributed by atoms with Crippen molar-refractivity contribution in [2.45, 2.75) is 150 Å². The van der Waals surface area contributed by atoms with Crippen LogP contribution in [0, 0.1) is 16.9 Å². The second kappa shape index (κ2) is 18.2. The van der Waals surface area contributed by atoms with Crippen LogP contribution < -0.4 is 5.19 Å². The van der Waals surface area contributed by atoms with Gasteiger partial charge in [-0.3, -0.25) is 9.55 Å². The van der Waals surface area contributed by atoms with E-state index in [1.54, 1.807) is 5.19 Å². The van der Waals surface area contributed by atoms with Gasteiger partial charge in [0.1, 0.15) is 11.6 Å². The third-order valence-corrected chi connectivity index (χ3v) is 22.4. The van der Waals surface area contributed by atoms with E-state index >= 15 is 0 Å². The third-order valence-electron chi connectivity index (χ3n) is 16.0. The third kappa shape index (κ3) is 9.68. The Hall–Kier alpha value is -5.35. The Morgan fingerprint density at radius 2 is 1.21 bits per heavy atom. The molecule has 380 valence electrons. The number of phenolic OH excluding ortho intramolecular Hbond substituents is 1. The number of phenols is 1. The number of hydrogen-bond donors (Lipinski definition) is 1. The number of aromatic hydroxyl groups is 1. The van der Waals surface area contributed by atoms with Gasteiger partial charge in [-0.15, -0.1) is 28.4 Å². The molecular formula is C67H76N3OPtSi-. The summed E-state index contributed by atoms with van der Waals surface area (Å²) in [5.74, 6) is 0.995. The van der Waals surface area contributed by atoms with Gasteiger partial charge >= 0.3 is 0 Å². The molecule has 4 heterocycles. The fourth-order valence-electron chi connectivity index (χ4n) is 13.7. The number of fused-ring (bicyclic) bond motifs is 3. The SMILES string of the molecule is CC1(C)CC(C)(C)C[Si]2(C1)CC(C)(C)c1c(-c3cccc4c3nc(-c3cc(C(C)(C)C)cc(C(C)(C)C)c3O)n4-c3ccc(C(C)(C)C)cc3-c3ccccc3)[c-]c(-c3cc(-c4ccccc4)ccn3)cc12.[Pt]. The Balaban J connectivity index is 0.00000656. The van der Waals surface area contributed by atoms with Gasteiger partial charge in [-0.1, -0.05) is 212 Å². The van der Waals surface area contributed by atoms with E-state index in [2.05, 4.69) is 242 Å². The zero-order chi connectivity index (χ0) is 51.6. The number of nitrogens with zero attached hydrogens (tertiary/aromatic N) is 3. The summed E-state index contributed by atoms with van der Waals surface area (Å²) in [6, 6.07) is 54.4. The topological polar surface area (TPSA) is 50.9 Å². The summed E-state index contributed by atoms with van der Waals surface area (Å²) < 4.78 is 2.35. The van der Waals surface area contributed by atoms with E-state index in [4.69, 9.17) is 9.97 Å². The van der Waals surface area contributed by atoms with Gasteiger partial charge in [-0.2, -0.15) is 0 Å². The maximum absolute atomic E-state index is 12.8. The van der Waals surface area contributed by atoms with Gasteiger partial charge in [-0.05, 0) is 109 Å². The maximum Gasteiger partial charge on any atom is 0.148 e. The number of imidazole rings is 1.